The molecule has 106 valence electrons. The van der Waals surface area contributed by atoms with Crippen LogP contribution in [0.25, 0.3) is 0 Å². The van der Waals surface area contributed by atoms with Gasteiger partial charge in [-0.15, -0.1) is 0 Å². The van der Waals surface area contributed by atoms with E-state index < -0.39 is 0 Å². The Morgan fingerprint density at radius 1 is 1.37 bits per heavy atom. The van der Waals surface area contributed by atoms with E-state index in [0.29, 0.717) is 5.92 Å². The smallest absolute Gasteiger partial charge is 0.127 e. The Balaban J connectivity index is 2.03. The van der Waals surface area contributed by atoms with E-state index in [1.54, 1.807) is 7.11 Å². The Morgan fingerprint density at radius 3 is 2.74 bits per heavy atom. The summed E-state index contributed by atoms with van der Waals surface area (Å²) in [6.07, 6.45) is 2.13. The minimum Gasteiger partial charge on any atom is -0.497 e. The largest absolute Gasteiger partial charge is 0.497 e. The van der Waals surface area contributed by atoms with Gasteiger partial charge in [0.2, 0.25) is 0 Å². The molecule has 0 amide bonds. The van der Waals surface area contributed by atoms with Crippen LogP contribution in [0.4, 0.5) is 0 Å². The molecule has 0 aromatic heterocycles. The maximum Gasteiger partial charge on any atom is 0.127 e. The van der Waals surface area contributed by atoms with E-state index in [1.165, 1.54) is 0 Å². The highest BCUT2D eigenvalue weighted by Gasteiger charge is 2.16. The Labute approximate surface area is 114 Å². The Morgan fingerprint density at radius 2 is 2.11 bits per heavy atom. The summed E-state index contributed by atoms with van der Waals surface area (Å²) >= 11 is 0. The highest BCUT2D eigenvalue weighted by atomic mass is 16.5. The molecule has 1 atom stereocenters. The number of rotatable bonds is 5. The first kappa shape index (κ1) is 14.2. The van der Waals surface area contributed by atoms with Crippen molar-refractivity contribution in [1.82, 2.24) is 0 Å². The minimum absolute atomic E-state index is 0.0457. The van der Waals surface area contributed by atoms with Gasteiger partial charge in [-0.25, -0.2) is 0 Å². The van der Waals surface area contributed by atoms with Crippen molar-refractivity contribution in [2.24, 2.45) is 11.7 Å². The average Bonchev–Trinajstić information content (AvgIpc) is 2.45. The molecule has 1 aromatic rings. The van der Waals surface area contributed by atoms with Gasteiger partial charge in [0.25, 0.3) is 0 Å². The minimum atomic E-state index is -0.0457. The van der Waals surface area contributed by atoms with Crippen LogP contribution in [0.15, 0.2) is 18.2 Å². The summed E-state index contributed by atoms with van der Waals surface area (Å²) in [4.78, 5) is 0. The molecule has 1 aromatic carbocycles. The van der Waals surface area contributed by atoms with Crippen molar-refractivity contribution in [1.29, 1.82) is 0 Å². The van der Waals surface area contributed by atoms with Gasteiger partial charge in [0, 0.05) is 30.9 Å². The molecule has 4 heteroatoms. The zero-order valence-corrected chi connectivity index (χ0v) is 11.7. The van der Waals surface area contributed by atoms with Crippen LogP contribution in [0, 0.1) is 5.92 Å². The van der Waals surface area contributed by atoms with Crippen molar-refractivity contribution in [2.45, 2.75) is 25.8 Å². The summed E-state index contributed by atoms with van der Waals surface area (Å²) in [6, 6.07) is 5.76. The van der Waals surface area contributed by atoms with Crippen molar-refractivity contribution in [3.63, 3.8) is 0 Å². The standard InChI is InChI=1S/C15H23NO3/c1-11(16)14-4-3-13(17-2)9-15(14)19-10-12-5-7-18-8-6-12/h3-4,9,11-12H,5-8,10,16H2,1-2H3/t11-/m0/s1. The van der Waals surface area contributed by atoms with Gasteiger partial charge in [-0.2, -0.15) is 0 Å². The van der Waals surface area contributed by atoms with Crippen LogP contribution in [0.1, 0.15) is 31.4 Å². The molecular formula is C15H23NO3. The van der Waals surface area contributed by atoms with Crippen LogP contribution in [-0.2, 0) is 4.74 Å². The number of hydrogen-bond acceptors (Lipinski definition) is 4. The van der Waals surface area contributed by atoms with Crippen molar-refractivity contribution < 1.29 is 14.2 Å². The van der Waals surface area contributed by atoms with Gasteiger partial charge in [0.05, 0.1) is 13.7 Å². The van der Waals surface area contributed by atoms with Gasteiger partial charge in [-0.3, -0.25) is 0 Å². The lowest BCUT2D eigenvalue weighted by molar-refractivity contribution is 0.0495. The number of benzene rings is 1. The maximum atomic E-state index is 5.97. The highest BCUT2D eigenvalue weighted by Crippen LogP contribution is 2.29. The third-order valence-corrected chi connectivity index (χ3v) is 3.53. The van der Waals surface area contributed by atoms with E-state index >= 15 is 0 Å². The molecule has 0 bridgehead atoms. The molecule has 1 aliphatic rings. The van der Waals surface area contributed by atoms with Gasteiger partial charge in [-0.05, 0) is 31.7 Å². The molecule has 1 aliphatic heterocycles. The number of methoxy groups -OCH3 is 1. The number of hydrogen-bond donors (Lipinski definition) is 1. The average molecular weight is 265 g/mol. The first-order chi connectivity index (χ1) is 9.20. The molecule has 0 saturated carbocycles. The zero-order valence-electron chi connectivity index (χ0n) is 11.7. The maximum absolute atomic E-state index is 5.97. The molecule has 1 fully saturated rings. The fourth-order valence-corrected chi connectivity index (χ4v) is 2.26. The summed E-state index contributed by atoms with van der Waals surface area (Å²) in [6.45, 7) is 4.36. The lowest BCUT2D eigenvalue weighted by Gasteiger charge is -2.23. The topological polar surface area (TPSA) is 53.7 Å². The van der Waals surface area contributed by atoms with Crippen LogP contribution in [0.2, 0.25) is 0 Å². The van der Waals surface area contributed by atoms with E-state index in [4.69, 9.17) is 19.9 Å². The number of ether oxygens (including phenoxy) is 3. The van der Waals surface area contributed by atoms with Gasteiger partial charge in [-0.1, -0.05) is 6.07 Å². The quantitative estimate of drug-likeness (QED) is 0.889. The van der Waals surface area contributed by atoms with E-state index in [0.717, 1.165) is 49.7 Å². The Hall–Kier alpha value is -1.26. The molecule has 4 nitrogen and oxygen atoms in total. The molecule has 1 saturated heterocycles. The second-order valence-corrected chi connectivity index (χ2v) is 5.06. The lowest BCUT2D eigenvalue weighted by Crippen LogP contribution is -2.22. The van der Waals surface area contributed by atoms with Crippen LogP contribution in [0.3, 0.4) is 0 Å². The molecule has 0 radical (unpaired) electrons. The molecule has 1 heterocycles. The molecule has 0 aliphatic carbocycles. The van der Waals surface area contributed by atoms with Crippen LogP contribution in [0.5, 0.6) is 11.5 Å². The van der Waals surface area contributed by atoms with E-state index in [-0.39, 0.29) is 6.04 Å². The molecule has 2 N–H and O–H groups in total. The molecule has 19 heavy (non-hydrogen) atoms. The summed E-state index contributed by atoms with van der Waals surface area (Å²) in [5.41, 5.74) is 7.00. The first-order valence-corrected chi connectivity index (χ1v) is 6.84. The lowest BCUT2D eigenvalue weighted by atomic mass is 10.0. The van der Waals surface area contributed by atoms with Crippen molar-refractivity contribution >= 4 is 0 Å². The van der Waals surface area contributed by atoms with Crippen LogP contribution in [-0.4, -0.2) is 26.9 Å². The van der Waals surface area contributed by atoms with Crippen molar-refractivity contribution in [3.05, 3.63) is 23.8 Å². The highest BCUT2D eigenvalue weighted by molar-refractivity contribution is 5.42. The van der Waals surface area contributed by atoms with E-state index in [9.17, 15) is 0 Å². The SMILES string of the molecule is COc1ccc([C@H](C)N)c(OCC2CCOCC2)c1. The monoisotopic (exact) mass is 265 g/mol. The Bertz CT molecular complexity index is 400. The fourth-order valence-electron chi connectivity index (χ4n) is 2.26. The normalized spacial score (nSPS) is 18.1. The summed E-state index contributed by atoms with van der Waals surface area (Å²) in [5, 5.41) is 0. The van der Waals surface area contributed by atoms with Gasteiger partial charge < -0.3 is 19.9 Å². The van der Waals surface area contributed by atoms with E-state index in [2.05, 4.69) is 0 Å². The van der Waals surface area contributed by atoms with E-state index in [1.807, 2.05) is 25.1 Å². The molecule has 2 rings (SSSR count). The summed E-state index contributed by atoms with van der Waals surface area (Å²) in [5.74, 6) is 2.20. The number of nitrogens with two attached hydrogens (primary N) is 1. The predicted octanol–water partition coefficient (Wildman–Crippen LogP) is 2.52. The molecule has 0 unspecified atom stereocenters. The van der Waals surface area contributed by atoms with Crippen molar-refractivity contribution in [2.75, 3.05) is 26.9 Å². The molecular weight excluding hydrogens is 242 g/mol. The van der Waals surface area contributed by atoms with Gasteiger partial charge in [0.1, 0.15) is 11.5 Å². The fraction of sp³-hybridized carbons (Fsp3) is 0.600. The van der Waals surface area contributed by atoms with Gasteiger partial charge >= 0.3 is 0 Å². The van der Waals surface area contributed by atoms with Gasteiger partial charge in [0.15, 0.2) is 0 Å². The van der Waals surface area contributed by atoms with Crippen LogP contribution >= 0.6 is 0 Å². The summed E-state index contributed by atoms with van der Waals surface area (Å²) < 4.78 is 16.6. The Kier molecular flexibility index (Phi) is 5.05. The van der Waals surface area contributed by atoms with Crippen LogP contribution < -0.4 is 15.2 Å². The second-order valence-electron chi connectivity index (χ2n) is 5.06. The zero-order chi connectivity index (χ0) is 13.7. The second kappa shape index (κ2) is 6.78. The summed E-state index contributed by atoms with van der Waals surface area (Å²) in [7, 11) is 1.66. The predicted molar refractivity (Wildman–Crippen MR) is 74.6 cm³/mol. The third kappa shape index (κ3) is 3.85. The third-order valence-electron chi connectivity index (χ3n) is 3.53. The first-order valence-electron chi connectivity index (χ1n) is 6.84. The van der Waals surface area contributed by atoms with Crippen molar-refractivity contribution in [3.8, 4) is 11.5 Å². The molecule has 0 spiro atoms.